The number of aromatic nitrogens is 3. The second kappa shape index (κ2) is 6.81. The molecule has 0 radical (unpaired) electrons. The number of H-pyrrole nitrogens is 1. The molecule has 2 aromatic heterocycles. The topological polar surface area (TPSA) is 82.2 Å². The van der Waals surface area contributed by atoms with Crippen LogP contribution in [0.15, 0.2) is 47.8 Å². The number of carbonyl (C=O) groups excluding carboxylic acids is 2. The highest BCUT2D eigenvalue weighted by Crippen LogP contribution is 2.44. The number of nitrogens with one attached hydrogen (secondary N) is 1. The molecule has 0 bridgehead atoms. The summed E-state index contributed by atoms with van der Waals surface area (Å²) in [5, 5.41) is 9.29. The molecule has 2 aliphatic heterocycles. The molecule has 2 atom stereocenters. The number of aryl methyl sites for hydroxylation is 1. The molecule has 7 nitrogen and oxygen atoms in total. The van der Waals surface area contributed by atoms with E-state index in [-0.39, 0.29) is 17.7 Å². The molecule has 1 N–H and O–H groups in total. The van der Waals surface area contributed by atoms with Crippen LogP contribution in [0.4, 0.5) is 0 Å². The Bertz CT molecular complexity index is 1050. The number of nitrogens with zero attached hydrogens (tertiary/aromatic N) is 4. The van der Waals surface area contributed by atoms with Gasteiger partial charge in [-0.1, -0.05) is 24.3 Å². The van der Waals surface area contributed by atoms with Crippen molar-refractivity contribution in [3.8, 4) is 0 Å². The number of carbonyl (C=O) groups is 2. The zero-order valence-electron chi connectivity index (χ0n) is 16.0. The number of benzene rings is 1. The van der Waals surface area contributed by atoms with E-state index in [4.69, 9.17) is 0 Å². The summed E-state index contributed by atoms with van der Waals surface area (Å²) in [6.07, 6.45) is 0. The number of aromatic amines is 1. The van der Waals surface area contributed by atoms with Crippen molar-refractivity contribution in [2.45, 2.75) is 12.3 Å². The van der Waals surface area contributed by atoms with E-state index < -0.39 is 5.41 Å². The highest BCUT2D eigenvalue weighted by Gasteiger charge is 2.57. The van der Waals surface area contributed by atoms with E-state index in [1.54, 1.807) is 0 Å². The normalized spacial score (nSPS) is 23.4. The monoisotopic (exact) mass is 407 g/mol. The van der Waals surface area contributed by atoms with Crippen molar-refractivity contribution in [3.05, 3.63) is 69.9 Å². The lowest BCUT2D eigenvalue weighted by atomic mass is 9.80. The van der Waals surface area contributed by atoms with Crippen LogP contribution in [0.5, 0.6) is 0 Å². The van der Waals surface area contributed by atoms with Crippen LogP contribution in [0.3, 0.4) is 0 Å². The maximum Gasteiger partial charge on any atom is 0.263 e. The molecule has 2 aliphatic rings. The van der Waals surface area contributed by atoms with Crippen molar-refractivity contribution in [1.82, 2.24) is 25.0 Å². The number of hydrogen-bond acceptors (Lipinski definition) is 5. The van der Waals surface area contributed by atoms with Gasteiger partial charge in [-0.3, -0.25) is 14.7 Å². The molecule has 0 aliphatic carbocycles. The zero-order valence-corrected chi connectivity index (χ0v) is 16.9. The van der Waals surface area contributed by atoms with Crippen molar-refractivity contribution in [2.75, 3.05) is 26.2 Å². The van der Waals surface area contributed by atoms with Gasteiger partial charge < -0.3 is 9.80 Å². The van der Waals surface area contributed by atoms with Crippen molar-refractivity contribution < 1.29 is 9.59 Å². The predicted octanol–water partition coefficient (Wildman–Crippen LogP) is 2.34. The summed E-state index contributed by atoms with van der Waals surface area (Å²) in [4.78, 5) is 35.2. The molecular formula is C21H21N5O2S. The smallest absolute Gasteiger partial charge is 0.263 e. The maximum atomic E-state index is 13.1. The molecule has 0 spiro atoms. The van der Waals surface area contributed by atoms with Gasteiger partial charge in [-0.15, -0.1) is 11.3 Å². The number of thiophene rings is 1. The van der Waals surface area contributed by atoms with E-state index in [1.165, 1.54) is 11.3 Å². The minimum atomic E-state index is -0.442. The van der Waals surface area contributed by atoms with Gasteiger partial charge in [0.1, 0.15) is 5.82 Å². The van der Waals surface area contributed by atoms with Crippen molar-refractivity contribution in [3.63, 3.8) is 0 Å². The van der Waals surface area contributed by atoms with Gasteiger partial charge in [0.2, 0.25) is 0 Å². The lowest BCUT2D eigenvalue weighted by Gasteiger charge is -2.26. The van der Waals surface area contributed by atoms with E-state index in [0.29, 0.717) is 37.6 Å². The zero-order chi connectivity index (χ0) is 20.0. The van der Waals surface area contributed by atoms with Crippen LogP contribution in [0.25, 0.3) is 0 Å². The molecule has 4 heterocycles. The third kappa shape index (κ3) is 2.95. The molecule has 2 saturated heterocycles. The van der Waals surface area contributed by atoms with E-state index >= 15 is 0 Å². The largest absolute Gasteiger partial charge is 0.337 e. The first-order chi connectivity index (χ1) is 14.1. The molecule has 2 fully saturated rings. The standard InChI is InChI=1S/C21H21N5O2S/c1-14-22-20(24-23-14)21-12-25(18(27)15-6-3-2-4-7-15)10-16(21)11-26(13-21)19(28)17-8-5-9-29-17/h2-9,16H,10-13H2,1H3,(H,22,23,24)/t16-,21-/m0/s1. The fourth-order valence-electron chi connectivity index (χ4n) is 4.58. The number of fused-ring (bicyclic) bond motifs is 1. The summed E-state index contributed by atoms with van der Waals surface area (Å²) in [6.45, 7) is 4.09. The Kier molecular flexibility index (Phi) is 4.24. The molecule has 1 aromatic carbocycles. The summed E-state index contributed by atoms with van der Waals surface area (Å²) in [5.74, 6) is 1.60. The van der Waals surface area contributed by atoms with Gasteiger partial charge in [0.25, 0.3) is 11.8 Å². The predicted molar refractivity (Wildman–Crippen MR) is 109 cm³/mol. The van der Waals surface area contributed by atoms with Crippen LogP contribution in [-0.2, 0) is 5.41 Å². The number of amides is 2. The molecule has 0 unspecified atom stereocenters. The highest BCUT2D eigenvalue weighted by molar-refractivity contribution is 7.12. The number of likely N-dealkylation sites (tertiary alicyclic amines) is 2. The molecule has 8 heteroatoms. The van der Waals surface area contributed by atoms with E-state index in [0.717, 1.165) is 10.7 Å². The second-order valence-electron chi connectivity index (χ2n) is 7.81. The summed E-state index contributed by atoms with van der Waals surface area (Å²) in [6, 6.07) is 13.1. The summed E-state index contributed by atoms with van der Waals surface area (Å²) >= 11 is 1.45. The van der Waals surface area contributed by atoms with Crippen molar-refractivity contribution in [2.24, 2.45) is 5.92 Å². The minimum Gasteiger partial charge on any atom is -0.337 e. The molecule has 5 rings (SSSR count). The SMILES string of the molecule is Cc1nc([C@]23CN(C(=O)c4ccccc4)C[C@H]2CN(C(=O)c2cccs2)C3)n[nH]1. The lowest BCUT2D eigenvalue weighted by molar-refractivity contribution is 0.0734. The van der Waals surface area contributed by atoms with Gasteiger partial charge in [0.05, 0.1) is 10.3 Å². The molecule has 3 aromatic rings. The van der Waals surface area contributed by atoms with E-state index in [1.807, 2.05) is 64.6 Å². The summed E-state index contributed by atoms with van der Waals surface area (Å²) in [7, 11) is 0. The van der Waals surface area contributed by atoms with Gasteiger partial charge in [-0.05, 0) is 30.5 Å². The minimum absolute atomic E-state index is 0.0164. The van der Waals surface area contributed by atoms with Gasteiger partial charge in [-0.25, -0.2) is 4.98 Å². The highest BCUT2D eigenvalue weighted by atomic mass is 32.1. The maximum absolute atomic E-state index is 13.1. The van der Waals surface area contributed by atoms with Crippen molar-refractivity contribution >= 4 is 23.2 Å². The fraction of sp³-hybridized carbons (Fsp3) is 0.333. The quantitative estimate of drug-likeness (QED) is 0.723. The third-order valence-corrected chi connectivity index (χ3v) is 6.84. The summed E-state index contributed by atoms with van der Waals surface area (Å²) in [5.41, 5.74) is 0.239. The Morgan fingerprint density at radius 2 is 1.79 bits per heavy atom. The van der Waals surface area contributed by atoms with Crippen LogP contribution in [0, 0.1) is 12.8 Å². The fourth-order valence-corrected chi connectivity index (χ4v) is 5.27. The summed E-state index contributed by atoms with van der Waals surface area (Å²) < 4.78 is 0. The Balaban J connectivity index is 1.46. The molecule has 29 heavy (non-hydrogen) atoms. The number of rotatable bonds is 3. The molecule has 148 valence electrons. The van der Waals surface area contributed by atoms with Crippen LogP contribution in [0.1, 0.15) is 31.7 Å². The van der Waals surface area contributed by atoms with E-state index in [2.05, 4.69) is 15.2 Å². The molecule has 2 amide bonds. The van der Waals surface area contributed by atoms with Gasteiger partial charge in [0.15, 0.2) is 5.82 Å². The Morgan fingerprint density at radius 1 is 1.07 bits per heavy atom. The first-order valence-corrected chi connectivity index (χ1v) is 10.5. The molecular weight excluding hydrogens is 386 g/mol. The van der Waals surface area contributed by atoms with Gasteiger partial charge in [0, 0.05) is 37.7 Å². The Morgan fingerprint density at radius 3 is 2.41 bits per heavy atom. The molecule has 0 saturated carbocycles. The van der Waals surface area contributed by atoms with Crippen LogP contribution in [0.2, 0.25) is 0 Å². The van der Waals surface area contributed by atoms with E-state index in [9.17, 15) is 9.59 Å². The Hall–Kier alpha value is -3.00. The van der Waals surface area contributed by atoms with Gasteiger partial charge >= 0.3 is 0 Å². The average Bonchev–Trinajstić information content (AvgIpc) is 3.50. The lowest BCUT2D eigenvalue weighted by Crippen LogP contribution is -2.41. The second-order valence-corrected chi connectivity index (χ2v) is 8.76. The number of hydrogen-bond donors (Lipinski definition) is 1. The van der Waals surface area contributed by atoms with Gasteiger partial charge in [-0.2, -0.15) is 5.10 Å². The first kappa shape index (κ1) is 18.1. The van der Waals surface area contributed by atoms with Crippen LogP contribution < -0.4 is 0 Å². The third-order valence-electron chi connectivity index (χ3n) is 5.98. The van der Waals surface area contributed by atoms with Crippen LogP contribution in [-0.4, -0.2) is 63.0 Å². The van der Waals surface area contributed by atoms with Crippen LogP contribution >= 0.6 is 11.3 Å². The van der Waals surface area contributed by atoms with Crippen molar-refractivity contribution in [1.29, 1.82) is 0 Å². The first-order valence-electron chi connectivity index (χ1n) is 9.63. The average molecular weight is 407 g/mol. The Labute approximate surface area is 172 Å².